The van der Waals surface area contributed by atoms with Crippen molar-refractivity contribution < 1.29 is 19.4 Å². The Morgan fingerprint density at radius 3 is 2.58 bits per heavy atom. The molecule has 132 valence electrons. The van der Waals surface area contributed by atoms with Crippen molar-refractivity contribution in [2.24, 2.45) is 5.92 Å². The summed E-state index contributed by atoms with van der Waals surface area (Å²) in [6, 6.07) is 1.49. The molecule has 1 aromatic rings. The quantitative estimate of drug-likeness (QED) is 0.865. The van der Waals surface area contributed by atoms with E-state index in [2.05, 4.69) is 15.3 Å². The lowest BCUT2D eigenvalue weighted by molar-refractivity contribution is 0.0516. The molecular weight excluding hydrogens is 312 g/mol. The van der Waals surface area contributed by atoms with Gasteiger partial charge in [0.15, 0.2) is 5.69 Å². The van der Waals surface area contributed by atoms with E-state index < -0.39 is 17.7 Å². The Hall–Kier alpha value is -2.38. The number of ether oxygens (including phenoxy) is 1. The molecule has 1 saturated heterocycles. The molecule has 0 atom stereocenters. The number of hydrogen-bond donors (Lipinski definition) is 2. The summed E-state index contributed by atoms with van der Waals surface area (Å²) in [5.74, 6) is -0.0643. The molecule has 2 rings (SSSR count). The van der Waals surface area contributed by atoms with Crippen LogP contribution in [0.2, 0.25) is 0 Å². The van der Waals surface area contributed by atoms with Crippen LogP contribution in [0.3, 0.4) is 0 Å². The molecule has 1 aliphatic heterocycles. The standard InChI is InChI=1S/C16H24N4O4/c1-16(2,3)24-15(23)17-9-11-4-6-20(7-5-11)13-8-12(14(21)22)18-10-19-13/h8,10-11H,4-7,9H2,1-3H3,(H,17,23)(H,21,22). The fourth-order valence-corrected chi connectivity index (χ4v) is 2.54. The van der Waals surface area contributed by atoms with Crippen molar-refractivity contribution in [3.05, 3.63) is 18.1 Å². The van der Waals surface area contributed by atoms with Crippen LogP contribution in [0.15, 0.2) is 12.4 Å². The smallest absolute Gasteiger partial charge is 0.407 e. The van der Waals surface area contributed by atoms with Gasteiger partial charge in [-0.05, 0) is 39.5 Å². The largest absolute Gasteiger partial charge is 0.477 e. The molecule has 8 nitrogen and oxygen atoms in total. The minimum Gasteiger partial charge on any atom is -0.477 e. The number of alkyl carbamates (subject to hydrolysis) is 1. The summed E-state index contributed by atoms with van der Waals surface area (Å²) in [4.78, 5) is 32.6. The third-order valence-electron chi connectivity index (χ3n) is 3.74. The molecule has 2 N–H and O–H groups in total. The summed E-state index contributed by atoms with van der Waals surface area (Å²) in [5.41, 5.74) is -0.504. The number of anilines is 1. The molecule has 8 heteroatoms. The lowest BCUT2D eigenvalue weighted by atomic mass is 9.97. The van der Waals surface area contributed by atoms with E-state index in [1.165, 1.54) is 12.4 Å². The summed E-state index contributed by atoms with van der Waals surface area (Å²) in [5, 5.41) is 11.8. The van der Waals surface area contributed by atoms with Crippen molar-refractivity contribution in [3.63, 3.8) is 0 Å². The summed E-state index contributed by atoms with van der Waals surface area (Å²) >= 11 is 0. The van der Waals surface area contributed by atoms with Gasteiger partial charge in [-0.3, -0.25) is 0 Å². The molecule has 24 heavy (non-hydrogen) atoms. The lowest BCUT2D eigenvalue weighted by Crippen LogP contribution is -2.40. The number of amides is 1. The van der Waals surface area contributed by atoms with Crippen LogP contribution in [0.5, 0.6) is 0 Å². The fraction of sp³-hybridized carbons (Fsp3) is 0.625. The first-order valence-electron chi connectivity index (χ1n) is 8.02. The van der Waals surface area contributed by atoms with Crippen molar-refractivity contribution in [3.8, 4) is 0 Å². The molecule has 1 amide bonds. The van der Waals surface area contributed by atoms with E-state index in [9.17, 15) is 9.59 Å². The second-order valence-electron chi connectivity index (χ2n) is 6.88. The number of aromatic nitrogens is 2. The highest BCUT2D eigenvalue weighted by atomic mass is 16.6. The highest BCUT2D eigenvalue weighted by Gasteiger charge is 2.23. The Labute approximate surface area is 141 Å². The lowest BCUT2D eigenvalue weighted by Gasteiger charge is -2.33. The van der Waals surface area contributed by atoms with Gasteiger partial charge in [0.05, 0.1) is 0 Å². The van der Waals surface area contributed by atoms with Crippen LogP contribution in [0, 0.1) is 5.92 Å². The number of aromatic carboxylic acids is 1. The third kappa shape index (κ3) is 5.36. The van der Waals surface area contributed by atoms with Crippen LogP contribution in [0.4, 0.5) is 10.6 Å². The predicted molar refractivity (Wildman–Crippen MR) is 88.2 cm³/mol. The Balaban J connectivity index is 1.80. The topological polar surface area (TPSA) is 105 Å². The van der Waals surface area contributed by atoms with E-state index in [1.807, 2.05) is 25.7 Å². The summed E-state index contributed by atoms with van der Waals surface area (Å²) < 4.78 is 5.22. The first-order valence-corrected chi connectivity index (χ1v) is 8.02. The Morgan fingerprint density at radius 1 is 1.33 bits per heavy atom. The van der Waals surface area contributed by atoms with Crippen LogP contribution >= 0.6 is 0 Å². The highest BCUT2D eigenvalue weighted by molar-refractivity contribution is 5.86. The molecule has 1 aliphatic rings. The van der Waals surface area contributed by atoms with Crippen LogP contribution in [-0.4, -0.2) is 52.4 Å². The summed E-state index contributed by atoms with van der Waals surface area (Å²) in [6.45, 7) is 7.59. The summed E-state index contributed by atoms with van der Waals surface area (Å²) in [7, 11) is 0. The maximum atomic E-state index is 11.7. The van der Waals surface area contributed by atoms with Gasteiger partial charge in [-0.2, -0.15) is 0 Å². The number of piperidine rings is 1. The van der Waals surface area contributed by atoms with Crippen LogP contribution in [0.1, 0.15) is 44.1 Å². The highest BCUT2D eigenvalue weighted by Crippen LogP contribution is 2.21. The van der Waals surface area contributed by atoms with E-state index >= 15 is 0 Å². The number of rotatable bonds is 4. The average molecular weight is 336 g/mol. The molecule has 1 fully saturated rings. The first kappa shape index (κ1) is 18.0. The fourth-order valence-electron chi connectivity index (χ4n) is 2.54. The van der Waals surface area contributed by atoms with Crippen molar-refractivity contribution >= 4 is 17.9 Å². The van der Waals surface area contributed by atoms with Gasteiger partial charge in [0.2, 0.25) is 0 Å². The molecule has 0 radical (unpaired) electrons. The molecule has 0 spiro atoms. The number of carboxylic acids is 1. The molecule has 0 aromatic carbocycles. The number of carbonyl (C=O) groups excluding carboxylic acids is 1. The Morgan fingerprint density at radius 2 is 2.00 bits per heavy atom. The van der Waals surface area contributed by atoms with E-state index in [4.69, 9.17) is 9.84 Å². The zero-order valence-electron chi connectivity index (χ0n) is 14.3. The Bertz CT molecular complexity index is 592. The van der Waals surface area contributed by atoms with E-state index in [0.717, 1.165) is 25.9 Å². The number of carboxylic acid groups (broad SMARTS) is 1. The zero-order chi connectivity index (χ0) is 17.7. The van der Waals surface area contributed by atoms with Gasteiger partial charge in [-0.1, -0.05) is 0 Å². The molecule has 0 bridgehead atoms. The number of nitrogens with zero attached hydrogens (tertiary/aromatic N) is 3. The van der Waals surface area contributed by atoms with E-state index in [-0.39, 0.29) is 5.69 Å². The minimum atomic E-state index is -1.06. The predicted octanol–water partition coefficient (Wildman–Crippen LogP) is 1.92. The van der Waals surface area contributed by atoms with Crippen LogP contribution < -0.4 is 10.2 Å². The van der Waals surface area contributed by atoms with Gasteiger partial charge in [0, 0.05) is 25.7 Å². The second kappa shape index (κ2) is 7.46. The van der Waals surface area contributed by atoms with Gasteiger partial charge in [0.25, 0.3) is 0 Å². The molecule has 0 unspecified atom stereocenters. The van der Waals surface area contributed by atoms with Gasteiger partial charge < -0.3 is 20.1 Å². The second-order valence-corrected chi connectivity index (χ2v) is 6.88. The molecule has 2 heterocycles. The maximum Gasteiger partial charge on any atom is 0.407 e. The molecule has 0 saturated carbocycles. The van der Waals surface area contributed by atoms with Crippen molar-refractivity contribution in [1.29, 1.82) is 0 Å². The SMILES string of the molecule is CC(C)(C)OC(=O)NCC1CCN(c2cc(C(=O)O)ncn2)CC1. The average Bonchev–Trinajstić information content (AvgIpc) is 2.52. The molecule has 1 aromatic heterocycles. The molecule has 0 aliphatic carbocycles. The number of nitrogens with one attached hydrogen (secondary N) is 1. The minimum absolute atomic E-state index is 0.00582. The third-order valence-corrected chi connectivity index (χ3v) is 3.74. The monoisotopic (exact) mass is 336 g/mol. The molecular formula is C16H24N4O4. The van der Waals surface area contributed by atoms with Gasteiger partial charge in [-0.15, -0.1) is 0 Å². The van der Waals surface area contributed by atoms with E-state index in [1.54, 1.807) is 0 Å². The van der Waals surface area contributed by atoms with E-state index in [0.29, 0.717) is 18.3 Å². The van der Waals surface area contributed by atoms with Gasteiger partial charge in [0.1, 0.15) is 17.7 Å². The van der Waals surface area contributed by atoms with Crippen molar-refractivity contribution in [2.45, 2.75) is 39.2 Å². The van der Waals surface area contributed by atoms with Crippen LogP contribution in [0.25, 0.3) is 0 Å². The van der Waals surface area contributed by atoms with Gasteiger partial charge in [-0.25, -0.2) is 19.6 Å². The first-order chi connectivity index (χ1) is 11.2. The normalized spacial score (nSPS) is 15.9. The zero-order valence-corrected chi connectivity index (χ0v) is 14.3. The van der Waals surface area contributed by atoms with Gasteiger partial charge >= 0.3 is 12.1 Å². The number of carbonyl (C=O) groups is 2. The Kier molecular flexibility index (Phi) is 5.58. The number of hydrogen-bond acceptors (Lipinski definition) is 6. The summed E-state index contributed by atoms with van der Waals surface area (Å²) in [6.07, 6.45) is 2.66. The van der Waals surface area contributed by atoms with Crippen LogP contribution in [-0.2, 0) is 4.74 Å². The maximum absolute atomic E-state index is 11.7. The van der Waals surface area contributed by atoms with Crippen molar-refractivity contribution in [1.82, 2.24) is 15.3 Å². The van der Waals surface area contributed by atoms with Crippen molar-refractivity contribution in [2.75, 3.05) is 24.5 Å².